The number of hydrogen-bond acceptors (Lipinski definition) is 4. The third kappa shape index (κ3) is 3.53. The lowest BCUT2D eigenvalue weighted by atomic mass is 10.2. The van der Waals surface area contributed by atoms with Crippen LogP contribution in [-0.4, -0.2) is 22.9 Å². The third-order valence-electron chi connectivity index (χ3n) is 3.11. The molecule has 1 aliphatic rings. The molecule has 0 aromatic heterocycles. The number of nitrogens with two attached hydrogens (primary N) is 1. The van der Waals surface area contributed by atoms with Gasteiger partial charge >= 0.3 is 0 Å². The van der Waals surface area contributed by atoms with E-state index in [1.807, 2.05) is 0 Å². The van der Waals surface area contributed by atoms with E-state index in [0.717, 1.165) is 18.9 Å². The van der Waals surface area contributed by atoms with Crippen molar-refractivity contribution in [2.24, 2.45) is 11.1 Å². The predicted octanol–water partition coefficient (Wildman–Crippen LogP) is 0.411. The highest BCUT2D eigenvalue weighted by Gasteiger charge is 2.31. The number of primary sulfonamides is 1. The van der Waals surface area contributed by atoms with Gasteiger partial charge in [-0.15, -0.1) is 0 Å². The van der Waals surface area contributed by atoms with Crippen LogP contribution < -0.4 is 9.86 Å². The van der Waals surface area contributed by atoms with Crippen LogP contribution in [-0.2, 0) is 20.0 Å². The van der Waals surface area contributed by atoms with Crippen LogP contribution in [0.3, 0.4) is 0 Å². The first kappa shape index (κ1) is 14.4. The van der Waals surface area contributed by atoms with Crippen molar-refractivity contribution in [1.82, 2.24) is 4.72 Å². The number of hydrogen-bond donors (Lipinski definition) is 2. The third-order valence-corrected chi connectivity index (χ3v) is 5.58. The summed E-state index contributed by atoms with van der Waals surface area (Å²) in [6, 6.07) is 4.88. The van der Waals surface area contributed by atoms with Gasteiger partial charge in [-0.25, -0.2) is 26.7 Å². The minimum Gasteiger partial charge on any atom is -0.225 e. The first-order valence-corrected chi connectivity index (χ1v) is 8.88. The molecule has 0 spiro atoms. The van der Waals surface area contributed by atoms with E-state index in [4.69, 9.17) is 5.14 Å². The van der Waals surface area contributed by atoms with Crippen LogP contribution in [0.15, 0.2) is 34.1 Å². The van der Waals surface area contributed by atoms with Crippen LogP contribution in [0.5, 0.6) is 0 Å². The molecule has 1 unspecified atom stereocenters. The second-order valence-corrected chi connectivity index (χ2v) is 8.04. The van der Waals surface area contributed by atoms with E-state index in [0.29, 0.717) is 5.92 Å². The van der Waals surface area contributed by atoms with E-state index in [-0.39, 0.29) is 15.8 Å². The van der Waals surface area contributed by atoms with E-state index in [2.05, 4.69) is 4.72 Å². The summed E-state index contributed by atoms with van der Waals surface area (Å²) in [5, 5.41) is 4.99. The molecule has 0 bridgehead atoms. The van der Waals surface area contributed by atoms with Crippen LogP contribution in [0.2, 0.25) is 0 Å². The standard InChI is InChI=1S/C11H16N2O4S2/c1-8(9-5-6-9)13-19(16,17)11-4-2-3-10(7-11)18(12,14)15/h2-4,7-9,13H,5-6H2,1H3,(H2,12,14,15). The molecule has 1 saturated carbocycles. The predicted molar refractivity (Wildman–Crippen MR) is 70.3 cm³/mol. The van der Waals surface area contributed by atoms with E-state index >= 15 is 0 Å². The Bertz CT molecular complexity index is 678. The van der Waals surface area contributed by atoms with Crippen molar-refractivity contribution in [3.63, 3.8) is 0 Å². The molecule has 0 amide bonds. The highest BCUT2D eigenvalue weighted by atomic mass is 32.2. The van der Waals surface area contributed by atoms with Crippen LogP contribution in [0, 0.1) is 5.92 Å². The molecule has 3 N–H and O–H groups in total. The number of rotatable bonds is 5. The molecule has 0 heterocycles. The lowest BCUT2D eigenvalue weighted by Crippen LogP contribution is -2.34. The number of sulfonamides is 2. The summed E-state index contributed by atoms with van der Waals surface area (Å²) >= 11 is 0. The van der Waals surface area contributed by atoms with Crippen molar-refractivity contribution in [2.75, 3.05) is 0 Å². The van der Waals surface area contributed by atoms with Crippen LogP contribution >= 0.6 is 0 Å². The van der Waals surface area contributed by atoms with E-state index in [9.17, 15) is 16.8 Å². The Labute approximate surface area is 113 Å². The van der Waals surface area contributed by atoms with Crippen molar-refractivity contribution in [3.05, 3.63) is 24.3 Å². The Hall–Kier alpha value is -0.960. The second-order valence-electron chi connectivity index (χ2n) is 4.77. The maximum absolute atomic E-state index is 12.1. The van der Waals surface area contributed by atoms with Gasteiger partial charge in [0.05, 0.1) is 9.79 Å². The maximum atomic E-state index is 12.1. The fourth-order valence-corrected chi connectivity index (χ4v) is 3.82. The van der Waals surface area contributed by atoms with E-state index in [1.54, 1.807) is 6.92 Å². The Morgan fingerprint density at radius 3 is 2.32 bits per heavy atom. The molecule has 106 valence electrons. The van der Waals surface area contributed by atoms with Gasteiger partial charge < -0.3 is 0 Å². The summed E-state index contributed by atoms with van der Waals surface area (Å²) in [7, 11) is -7.63. The van der Waals surface area contributed by atoms with Gasteiger partial charge in [0.25, 0.3) is 0 Å². The van der Waals surface area contributed by atoms with Gasteiger partial charge in [-0.05, 0) is 43.9 Å². The molecular formula is C11H16N2O4S2. The van der Waals surface area contributed by atoms with Crippen LogP contribution in [0.1, 0.15) is 19.8 Å². The fraction of sp³-hybridized carbons (Fsp3) is 0.455. The Morgan fingerprint density at radius 1 is 1.21 bits per heavy atom. The summed E-state index contributed by atoms with van der Waals surface area (Å²) in [5.74, 6) is 0.371. The van der Waals surface area contributed by atoms with Crippen molar-refractivity contribution < 1.29 is 16.8 Å². The largest absolute Gasteiger partial charge is 0.240 e. The average Bonchev–Trinajstić information content (AvgIpc) is 3.11. The van der Waals surface area contributed by atoms with Gasteiger partial charge in [-0.3, -0.25) is 0 Å². The fourth-order valence-electron chi connectivity index (χ4n) is 1.82. The quantitative estimate of drug-likeness (QED) is 0.821. The molecular weight excluding hydrogens is 288 g/mol. The monoisotopic (exact) mass is 304 g/mol. The second kappa shape index (κ2) is 4.86. The molecule has 8 heteroatoms. The van der Waals surface area contributed by atoms with Crippen molar-refractivity contribution in [1.29, 1.82) is 0 Å². The topological polar surface area (TPSA) is 106 Å². The van der Waals surface area contributed by atoms with Gasteiger partial charge in [0, 0.05) is 6.04 Å². The zero-order chi connectivity index (χ0) is 14.3. The summed E-state index contributed by atoms with van der Waals surface area (Å²) in [5.41, 5.74) is 0. The van der Waals surface area contributed by atoms with Gasteiger partial charge in [-0.1, -0.05) is 6.07 Å². The minimum atomic E-state index is -3.91. The molecule has 0 saturated heterocycles. The molecule has 1 atom stereocenters. The molecule has 0 radical (unpaired) electrons. The summed E-state index contributed by atoms with van der Waals surface area (Å²) < 4.78 is 49.2. The van der Waals surface area contributed by atoms with Gasteiger partial charge in [-0.2, -0.15) is 0 Å². The smallest absolute Gasteiger partial charge is 0.225 e. The molecule has 6 nitrogen and oxygen atoms in total. The summed E-state index contributed by atoms with van der Waals surface area (Å²) in [6.07, 6.45) is 2.03. The van der Waals surface area contributed by atoms with E-state index in [1.165, 1.54) is 18.2 Å². The molecule has 1 aliphatic carbocycles. The zero-order valence-electron chi connectivity index (χ0n) is 10.4. The first-order chi connectivity index (χ1) is 8.70. The highest BCUT2D eigenvalue weighted by molar-refractivity contribution is 7.90. The number of nitrogens with one attached hydrogen (secondary N) is 1. The summed E-state index contributed by atoms with van der Waals surface area (Å²) in [4.78, 5) is -0.305. The first-order valence-electron chi connectivity index (χ1n) is 5.85. The van der Waals surface area contributed by atoms with E-state index < -0.39 is 20.0 Å². The molecule has 2 rings (SSSR count). The molecule has 1 fully saturated rings. The molecule has 1 aromatic carbocycles. The molecule has 19 heavy (non-hydrogen) atoms. The van der Waals surface area contributed by atoms with Crippen molar-refractivity contribution in [3.8, 4) is 0 Å². The zero-order valence-corrected chi connectivity index (χ0v) is 12.0. The Morgan fingerprint density at radius 2 is 1.79 bits per heavy atom. The average molecular weight is 304 g/mol. The van der Waals surface area contributed by atoms with Gasteiger partial charge in [0.2, 0.25) is 20.0 Å². The lowest BCUT2D eigenvalue weighted by molar-refractivity contribution is 0.538. The van der Waals surface area contributed by atoms with Gasteiger partial charge in [0.15, 0.2) is 0 Å². The Balaban J connectivity index is 2.30. The van der Waals surface area contributed by atoms with Crippen molar-refractivity contribution in [2.45, 2.75) is 35.6 Å². The molecule has 1 aromatic rings. The number of benzene rings is 1. The highest BCUT2D eigenvalue weighted by Crippen LogP contribution is 2.33. The van der Waals surface area contributed by atoms with Gasteiger partial charge in [0.1, 0.15) is 0 Å². The van der Waals surface area contributed by atoms with Crippen LogP contribution in [0.25, 0.3) is 0 Å². The SMILES string of the molecule is CC(NS(=O)(=O)c1cccc(S(N)(=O)=O)c1)C1CC1. The van der Waals surface area contributed by atoms with Crippen LogP contribution in [0.4, 0.5) is 0 Å². The maximum Gasteiger partial charge on any atom is 0.240 e. The van der Waals surface area contributed by atoms with Crippen molar-refractivity contribution >= 4 is 20.0 Å². The molecule has 0 aliphatic heterocycles. The normalized spacial score (nSPS) is 18.2. The lowest BCUT2D eigenvalue weighted by Gasteiger charge is -2.13. The summed E-state index contributed by atoms with van der Waals surface area (Å²) in [6.45, 7) is 1.80. The Kier molecular flexibility index (Phi) is 3.69. The minimum absolute atomic E-state index is 0.0912.